The van der Waals surface area contributed by atoms with Crippen LogP contribution >= 0.6 is 0 Å². The first-order valence-electron chi connectivity index (χ1n) is 7.37. The fourth-order valence-electron chi connectivity index (χ4n) is 1.99. The van der Waals surface area contributed by atoms with Crippen LogP contribution in [0.3, 0.4) is 0 Å². The second-order valence-electron chi connectivity index (χ2n) is 6.47. The Morgan fingerprint density at radius 2 is 1.91 bits per heavy atom. The molecule has 5 nitrogen and oxygen atoms in total. The SMILES string of the molecule is COc1ccc(C)cc1C(C)NC(=O)CNC(=O)C(C)(C)C. The molecule has 122 valence electrons. The molecule has 0 bridgehead atoms. The molecule has 0 aliphatic carbocycles. The van der Waals surface area contributed by atoms with E-state index in [1.807, 2.05) is 32.0 Å². The molecular formula is C17H26N2O3. The van der Waals surface area contributed by atoms with Gasteiger partial charge in [0.25, 0.3) is 0 Å². The van der Waals surface area contributed by atoms with E-state index >= 15 is 0 Å². The molecule has 0 aromatic heterocycles. The molecule has 0 saturated carbocycles. The summed E-state index contributed by atoms with van der Waals surface area (Å²) in [6.07, 6.45) is 0. The molecule has 0 heterocycles. The maximum Gasteiger partial charge on any atom is 0.239 e. The zero-order valence-corrected chi connectivity index (χ0v) is 14.2. The number of carbonyl (C=O) groups is 2. The summed E-state index contributed by atoms with van der Waals surface area (Å²) in [4.78, 5) is 23.7. The predicted octanol–water partition coefficient (Wildman–Crippen LogP) is 2.34. The molecule has 0 radical (unpaired) electrons. The van der Waals surface area contributed by atoms with Crippen molar-refractivity contribution in [3.8, 4) is 5.75 Å². The predicted molar refractivity (Wildman–Crippen MR) is 86.8 cm³/mol. The molecule has 1 rings (SSSR count). The molecule has 2 amide bonds. The van der Waals surface area contributed by atoms with E-state index < -0.39 is 5.41 Å². The molecule has 0 fully saturated rings. The minimum Gasteiger partial charge on any atom is -0.496 e. The van der Waals surface area contributed by atoms with Crippen molar-refractivity contribution in [2.75, 3.05) is 13.7 Å². The summed E-state index contributed by atoms with van der Waals surface area (Å²) in [7, 11) is 1.60. The minimum atomic E-state index is -0.508. The summed E-state index contributed by atoms with van der Waals surface area (Å²) < 4.78 is 5.32. The number of ether oxygens (including phenoxy) is 1. The normalized spacial score (nSPS) is 12.5. The van der Waals surface area contributed by atoms with Gasteiger partial charge in [-0.25, -0.2) is 0 Å². The number of methoxy groups -OCH3 is 1. The highest BCUT2D eigenvalue weighted by molar-refractivity contribution is 5.87. The maximum absolute atomic E-state index is 12.0. The van der Waals surface area contributed by atoms with Crippen molar-refractivity contribution in [3.05, 3.63) is 29.3 Å². The molecule has 22 heavy (non-hydrogen) atoms. The third kappa shape index (κ3) is 5.06. The fourth-order valence-corrected chi connectivity index (χ4v) is 1.99. The van der Waals surface area contributed by atoms with Gasteiger partial charge in [-0.3, -0.25) is 9.59 Å². The number of amides is 2. The highest BCUT2D eigenvalue weighted by Gasteiger charge is 2.22. The van der Waals surface area contributed by atoms with Crippen LogP contribution in [0.15, 0.2) is 18.2 Å². The van der Waals surface area contributed by atoms with Crippen LogP contribution in [-0.4, -0.2) is 25.5 Å². The Kier molecular flexibility index (Phi) is 5.97. The second-order valence-corrected chi connectivity index (χ2v) is 6.47. The summed E-state index contributed by atoms with van der Waals surface area (Å²) in [5, 5.41) is 5.51. The van der Waals surface area contributed by atoms with Crippen LogP contribution < -0.4 is 15.4 Å². The van der Waals surface area contributed by atoms with Crippen molar-refractivity contribution in [1.82, 2.24) is 10.6 Å². The zero-order chi connectivity index (χ0) is 16.9. The van der Waals surface area contributed by atoms with E-state index in [0.717, 1.165) is 16.9 Å². The molecule has 0 saturated heterocycles. The number of carbonyl (C=O) groups excluding carboxylic acids is 2. The van der Waals surface area contributed by atoms with Gasteiger partial charge in [0.2, 0.25) is 11.8 Å². The summed E-state index contributed by atoms with van der Waals surface area (Å²) >= 11 is 0. The molecule has 1 aromatic rings. The van der Waals surface area contributed by atoms with Gasteiger partial charge in [0.1, 0.15) is 5.75 Å². The van der Waals surface area contributed by atoms with Crippen LogP contribution in [0, 0.1) is 12.3 Å². The first-order chi connectivity index (χ1) is 10.1. The smallest absolute Gasteiger partial charge is 0.239 e. The lowest BCUT2D eigenvalue weighted by molar-refractivity contribution is -0.131. The minimum absolute atomic E-state index is 0.0332. The largest absolute Gasteiger partial charge is 0.496 e. The van der Waals surface area contributed by atoms with Gasteiger partial charge in [0, 0.05) is 11.0 Å². The fraction of sp³-hybridized carbons (Fsp3) is 0.529. The monoisotopic (exact) mass is 306 g/mol. The van der Waals surface area contributed by atoms with Crippen molar-refractivity contribution in [3.63, 3.8) is 0 Å². The summed E-state index contributed by atoms with van der Waals surface area (Å²) in [5.74, 6) is 0.356. The highest BCUT2D eigenvalue weighted by atomic mass is 16.5. The Labute approximate surface area is 132 Å². The number of rotatable bonds is 5. The van der Waals surface area contributed by atoms with Gasteiger partial charge in [0.05, 0.1) is 19.7 Å². The third-order valence-electron chi connectivity index (χ3n) is 3.32. The number of hydrogen-bond acceptors (Lipinski definition) is 3. The molecule has 1 atom stereocenters. The van der Waals surface area contributed by atoms with E-state index in [1.165, 1.54) is 0 Å². The Morgan fingerprint density at radius 3 is 2.45 bits per heavy atom. The average molecular weight is 306 g/mol. The van der Waals surface area contributed by atoms with E-state index in [-0.39, 0.29) is 24.4 Å². The van der Waals surface area contributed by atoms with E-state index in [0.29, 0.717) is 0 Å². The molecule has 2 N–H and O–H groups in total. The quantitative estimate of drug-likeness (QED) is 0.877. The van der Waals surface area contributed by atoms with E-state index in [2.05, 4.69) is 10.6 Å². The van der Waals surface area contributed by atoms with Gasteiger partial charge in [-0.05, 0) is 19.9 Å². The van der Waals surface area contributed by atoms with Gasteiger partial charge >= 0.3 is 0 Å². The maximum atomic E-state index is 12.0. The molecule has 0 aliphatic rings. The second kappa shape index (κ2) is 7.29. The molecule has 1 aromatic carbocycles. The summed E-state index contributed by atoms with van der Waals surface area (Å²) in [6.45, 7) is 9.26. The molecule has 1 unspecified atom stereocenters. The van der Waals surface area contributed by atoms with Gasteiger partial charge in [-0.1, -0.05) is 38.5 Å². The van der Waals surface area contributed by atoms with Crippen LogP contribution in [0.5, 0.6) is 5.75 Å². The third-order valence-corrected chi connectivity index (χ3v) is 3.32. The number of aryl methyl sites for hydroxylation is 1. The van der Waals surface area contributed by atoms with E-state index in [1.54, 1.807) is 27.9 Å². The zero-order valence-electron chi connectivity index (χ0n) is 14.2. The van der Waals surface area contributed by atoms with Crippen molar-refractivity contribution in [1.29, 1.82) is 0 Å². The van der Waals surface area contributed by atoms with Crippen LogP contribution in [0.25, 0.3) is 0 Å². The van der Waals surface area contributed by atoms with E-state index in [4.69, 9.17) is 4.74 Å². The van der Waals surface area contributed by atoms with Crippen LogP contribution in [0.2, 0.25) is 0 Å². The van der Waals surface area contributed by atoms with Crippen LogP contribution in [-0.2, 0) is 9.59 Å². The van der Waals surface area contributed by atoms with E-state index in [9.17, 15) is 9.59 Å². The van der Waals surface area contributed by atoms with Gasteiger partial charge in [-0.2, -0.15) is 0 Å². The van der Waals surface area contributed by atoms with Gasteiger partial charge in [-0.15, -0.1) is 0 Å². The first-order valence-corrected chi connectivity index (χ1v) is 7.37. The Bertz CT molecular complexity index is 547. The number of benzene rings is 1. The van der Waals surface area contributed by atoms with Crippen molar-refractivity contribution in [2.45, 2.75) is 40.7 Å². The number of nitrogens with one attached hydrogen (secondary N) is 2. The Morgan fingerprint density at radius 1 is 1.27 bits per heavy atom. The molecule has 0 spiro atoms. The van der Waals surface area contributed by atoms with Gasteiger partial charge in [0.15, 0.2) is 0 Å². The lowest BCUT2D eigenvalue weighted by Gasteiger charge is -2.20. The molecular weight excluding hydrogens is 280 g/mol. The van der Waals surface area contributed by atoms with Crippen molar-refractivity contribution in [2.24, 2.45) is 5.41 Å². The number of hydrogen-bond donors (Lipinski definition) is 2. The summed E-state index contributed by atoms with van der Waals surface area (Å²) in [5.41, 5.74) is 1.50. The first kappa shape index (κ1) is 18.0. The summed E-state index contributed by atoms with van der Waals surface area (Å²) in [6, 6.07) is 5.63. The highest BCUT2D eigenvalue weighted by Crippen LogP contribution is 2.25. The van der Waals surface area contributed by atoms with Crippen LogP contribution in [0.4, 0.5) is 0 Å². The van der Waals surface area contributed by atoms with Gasteiger partial charge < -0.3 is 15.4 Å². The molecule has 5 heteroatoms. The lowest BCUT2D eigenvalue weighted by Crippen LogP contribution is -2.42. The van der Waals surface area contributed by atoms with Crippen molar-refractivity contribution < 1.29 is 14.3 Å². The molecule has 0 aliphatic heterocycles. The lowest BCUT2D eigenvalue weighted by atomic mass is 9.96. The van der Waals surface area contributed by atoms with Crippen molar-refractivity contribution >= 4 is 11.8 Å². The Balaban J connectivity index is 2.65. The standard InChI is InChI=1S/C17H26N2O3/c1-11-7-8-14(22-6)13(9-11)12(2)19-15(20)10-18-16(21)17(3,4)5/h7-9,12H,10H2,1-6H3,(H,18,21)(H,19,20). The topological polar surface area (TPSA) is 67.4 Å². The average Bonchev–Trinajstić information content (AvgIpc) is 2.43. The van der Waals surface area contributed by atoms with Crippen LogP contribution in [0.1, 0.15) is 44.9 Å². The Hall–Kier alpha value is -2.04.